The Morgan fingerprint density at radius 2 is 1.40 bits per heavy atom. The summed E-state index contributed by atoms with van der Waals surface area (Å²) in [5.74, 6) is 0. The van der Waals surface area contributed by atoms with Crippen LogP contribution in [0, 0.1) is 0 Å². The molecule has 0 spiro atoms. The fraction of sp³-hybridized carbons (Fsp3) is 0.909. The van der Waals surface area contributed by atoms with Crippen LogP contribution in [-0.4, -0.2) is 11.3 Å². The van der Waals surface area contributed by atoms with Gasteiger partial charge in [0.15, 0.2) is 0 Å². The van der Waals surface area contributed by atoms with Crippen molar-refractivity contribution in [2.45, 2.75) is 128 Å². The fourth-order valence-corrected chi connectivity index (χ4v) is 28.1. The predicted molar refractivity (Wildman–Crippen MR) is 115 cm³/mol. The molecule has 0 atom stereocenters. The summed E-state index contributed by atoms with van der Waals surface area (Å²) in [5, 5.41) is 2.00. The molecule has 0 heterocycles. The van der Waals surface area contributed by atoms with Gasteiger partial charge in [0.1, 0.15) is 0 Å². The van der Waals surface area contributed by atoms with Crippen LogP contribution in [0.4, 0.5) is 0 Å². The Balaban J connectivity index is 2.34. The van der Waals surface area contributed by atoms with Crippen LogP contribution in [0.2, 0.25) is 0 Å². The van der Waals surface area contributed by atoms with E-state index in [1.165, 1.54) is 103 Å². The maximum absolute atomic E-state index is 7.17. The van der Waals surface area contributed by atoms with Crippen LogP contribution in [-0.2, 0) is 21.5 Å². The molecule has 0 aliphatic heterocycles. The second-order valence-corrected chi connectivity index (χ2v) is 23.7. The van der Waals surface area contributed by atoms with Crippen molar-refractivity contribution in [1.29, 1.82) is 0 Å². The van der Waals surface area contributed by atoms with Gasteiger partial charge in [0, 0.05) is 0 Å². The average molecular weight is 464 g/mol. The molecular formula is C22H42ClPZr. The topological polar surface area (TPSA) is 0 Å². The van der Waals surface area contributed by atoms with Gasteiger partial charge in [-0.1, -0.05) is 0 Å². The molecule has 0 saturated heterocycles. The zero-order valence-corrected chi connectivity index (χ0v) is 21.1. The first-order chi connectivity index (χ1) is 12.3. The summed E-state index contributed by atoms with van der Waals surface area (Å²) in [5.41, 5.74) is 2.14. The van der Waals surface area contributed by atoms with E-state index in [-0.39, 0.29) is 0 Å². The third-order valence-corrected chi connectivity index (χ3v) is 28.7. The summed E-state index contributed by atoms with van der Waals surface area (Å²) < 4.78 is -1.39. The Morgan fingerprint density at radius 1 is 0.880 bits per heavy atom. The van der Waals surface area contributed by atoms with Gasteiger partial charge in [-0.25, -0.2) is 0 Å². The Hall–Kier alpha value is 1.34. The Kier molecular flexibility index (Phi) is 11.5. The normalized spacial score (nSPS) is 22.1. The molecule has 0 N–H and O–H groups in total. The standard InChI is InChI=1S/C22H41P.ClH.Zr/c1-3-5-9-15-20(14-6-4-2)23(21-16-10-7-11-17-21)22-18-12-8-13-19-22;;/h15,21-22H,3-14,16-19H2,1-2H3;1H;. The number of unbranched alkanes of at least 4 members (excludes halogenated alkanes) is 3. The van der Waals surface area contributed by atoms with Gasteiger partial charge in [0.25, 0.3) is 0 Å². The molecule has 146 valence electrons. The molecule has 2 fully saturated rings. The monoisotopic (exact) mass is 462 g/mol. The first-order valence-corrected chi connectivity index (χ1v) is 20.4. The van der Waals surface area contributed by atoms with Gasteiger partial charge >= 0.3 is 174 Å². The van der Waals surface area contributed by atoms with Gasteiger partial charge in [-0.05, 0) is 0 Å². The van der Waals surface area contributed by atoms with E-state index in [9.17, 15) is 0 Å². The van der Waals surface area contributed by atoms with E-state index in [2.05, 4.69) is 19.9 Å². The molecule has 0 amide bonds. The molecule has 0 aromatic rings. The summed E-state index contributed by atoms with van der Waals surface area (Å²) in [6.45, 7) is 4.71. The third kappa shape index (κ3) is 6.16. The van der Waals surface area contributed by atoms with Crippen LogP contribution in [0.25, 0.3) is 0 Å². The molecule has 0 aromatic carbocycles. The number of allylic oxidation sites excluding steroid dienone is 2. The van der Waals surface area contributed by atoms with Crippen molar-refractivity contribution in [2.75, 3.05) is 0 Å². The molecule has 2 rings (SSSR count). The van der Waals surface area contributed by atoms with Gasteiger partial charge in [-0.2, -0.15) is 0 Å². The molecule has 2 saturated carbocycles. The van der Waals surface area contributed by atoms with Crippen LogP contribution < -0.4 is 0 Å². The number of rotatable bonds is 10. The minimum atomic E-state index is -1.39. The summed E-state index contributed by atoms with van der Waals surface area (Å²) in [6, 6.07) is 0. The second-order valence-electron chi connectivity index (χ2n) is 8.61. The van der Waals surface area contributed by atoms with Crippen molar-refractivity contribution in [3.05, 3.63) is 11.4 Å². The molecule has 3 heteroatoms. The molecule has 0 unspecified atom stereocenters. The van der Waals surface area contributed by atoms with Crippen LogP contribution >= 0.6 is 13.1 Å². The fourth-order valence-electron chi connectivity index (χ4n) is 5.51. The van der Waals surface area contributed by atoms with Gasteiger partial charge < -0.3 is 0 Å². The van der Waals surface area contributed by atoms with E-state index in [4.69, 9.17) is 8.51 Å². The number of hydrogen-bond acceptors (Lipinski definition) is 0. The van der Waals surface area contributed by atoms with Crippen molar-refractivity contribution in [2.24, 2.45) is 0 Å². The number of halogens is 1. The van der Waals surface area contributed by atoms with Gasteiger partial charge in [0.2, 0.25) is 0 Å². The summed E-state index contributed by atoms with van der Waals surface area (Å²) in [7, 11) is 7.17. The van der Waals surface area contributed by atoms with E-state index < -0.39 is 26.0 Å². The summed E-state index contributed by atoms with van der Waals surface area (Å²) in [4.78, 5) is 0. The third-order valence-electron chi connectivity index (χ3n) is 6.93. The van der Waals surface area contributed by atoms with E-state index in [1.54, 1.807) is 0 Å². The van der Waals surface area contributed by atoms with Crippen molar-refractivity contribution in [1.82, 2.24) is 0 Å². The van der Waals surface area contributed by atoms with E-state index in [0.717, 1.165) is 11.3 Å². The van der Waals surface area contributed by atoms with Gasteiger partial charge in [-0.3, -0.25) is 0 Å². The number of hydrogen-bond donors (Lipinski definition) is 0. The SMILES string of the molecule is CCCCC=C(CCCC)[PH]([Zr][Cl])(C1CCCCC1)C1CCCCC1. The Bertz CT molecular complexity index is 365. The van der Waals surface area contributed by atoms with Crippen LogP contribution in [0.3, 0.4) is 0 Å². The van der Waals surface area contributed by atoms with Crippen molar-refractivity contribution in [3.63, 3.8) is 0 Å². The molecule has 0 nitrogen and oxygen atoms in total. The van der Waals surface area contributed by atoms with Crippen LogP contribution in [0.5, 0.6) is 0 Å². The zero-order chi connectivity index (χ0) is 18.0. The van der Waals surface area contributed by atoms with Gasteiger partial charge in [0.05, 0.1) is 0 Å². The zero-order valence-electron chi connectivity index (χ0n) is 16.9. The summed E-state index contributed by atoms with van der Waals surface area (Å²) in [6.07, 6.45) is 26.1. The van der Waals surface area contributed by atoms with E-state index in [0.29, 0.717) is 0 Å². The molecule has 2 aliphatic rings. The predicted octanol–water partition coefficient (Wildman–Crippen LogP) is 8.82. The average Bonchev–Trinajstić information content (AvgIpc) is 2.68. The minimum absolute atomic E-state index is 0.761. The van der Waals surface area contributed by atoms with Crippen molar-refractivity contribution < 1.29 is 21.5 Å². The first kappa shape index (κ1) is 22.6. The molecule has 25 heavy (non-hydrogen) atoms. The summed E-state index contributed by atoms with van der Waals surface area (Å²) >= 11 is -0.761. The van der Waals surface area contributed by atoms with E-state index in [1.807, 2.05) is 5.31 Å². The van der Waals surface area contributed by atoms with Crippen molar-refractivity contribution in [3.8, 4) is 0 Å². The Morgan fingerprint density at radius 3 is 1.84 bits per heavy atom. The molecule has 2 aliphatic carbocycles. The van der Waals surface area contributed by atoms with Crippen LogP contribution in [0.15, 0.2) is 11.4 Å². The van der Waals surface area contributed by atoms with E-state index >= 15 is 0 Å². The second kappa shape index (κ2) is 12.7. The quantitative estimate of drug-likeness (QED) is 0.224. The maximum atomic E-state index is 7.17. The Labute approximate surface area is 173 Å². The van der Waals surface area contributed by atoms with Crippen molar-refractivity contribution >= 4 is 13.1 Å². The molecular weight excluding hydrogens is 422 g/mol. The first-order valence-electron chi connectivity index (χ1n) is 11.4. The molecule has 0 aromatic heterocycles. The van der Waals surface area contributed by atoms with Crippen LogP contribution in [0.1, 0.15) is 117 Å². The molecule has 0 bridgehead atoms. The molecule has 0 radical (unpaired) electrons. The van der Waals surface area contributed by atoms with Gasteiger partial charge in [-0.15, -0.1) is 0 Å².